The van der Waals surface area contributed by atoms with Crippen molar-refractivity contribution < 1.29 is 4.52 Å². The summed E-state index contributed by atoms with van der Waals surface area (Å²) in [6.07, 6.45) is 3.33. The summed E-state index contributed by atoms with van der Waals surface area (Å²) in [4.78, 5) is 4.38. The van der Waals surface area contributed by atoms with Crippen molar-refractivity contribution in [2.45, 2.75) is 51.0 Å². The van der Waals surface area contributed by atoms with Crippen LogP contribution in [0.3, 0.4) is 0 Å². The van der Waals surface area contributed by atoms with E-state index in [9.17, 15) is 0 Å². The Bertz CT molecular complexity index is 308. The summed E-state index contributed by atoms with van der Waals surface area (Å²) in [6, 6.07) is 0.204. The fraction of sp³-hybridized carbons (Fsp3) is 0.800. The molecule has 1 aromatic rings. The molecule has 1 aliphatic rings. The van der Waals surface area contributed by atoms with Crippen molar-refractivity contribution >= 4 is 0 Å². The van der Waals surface area contributed by atoms with Gasteiger partial charge in [-0.3, -0.25) is 0 Å². The molecule has 2 atom stereocenters. The summed E-state index contributed by atoms with van der Waals surface area (Å²) in [5.74, 6) is 2.14. The standard InChI is InChI=1S/C10H17N3O/c1-6(2)9-12-10(14-13-9)7-4-3-5-8(7)11/h6-8H,3-5,11H2,1-2H3/t7-,8+/m1/s1. The van der Waals surface area contributed by atoms with Crippen LogP contribution in [0, 0.1) is 0 Å². The molecule has 0 aromatic carbocycles. The van der Waals surface area contributed by atoms with E-state index in [2.05, 4.69) is 24.0 Å². The minimum atomic E-state index is 0.204. The number of aromatic nitrogens is 2. The van der Waals surface area contributed by atoms with Crippen molar-refractivity contribution in [3.8, 4) is 0 Å². The maximum absolute atomic E-state index is 5.97. The molecule has 0 spiro atoms. The molecule has 0 saturated heterocycles. The van der Waals surface area contributed by atoms with E-state index in [1.54, 1.807) is 0 Å². The first kappa shape index (κ1) is 9.65. The molecule has 4 nitrogen and oxygen atoms in total. The topological polar surface area (TPSA) is 64.9 Å². The van der Waals surface area contributed by atoms with E-state index >= 15 is 0 Å². The average Bonchev–Trinajstić information content (AvgIpc) is 2.71. The molecule has 0 aliphatic heterocycles. The molecule has 1 heterocycles. The van der Waals surface area contributed by atoms with Crippen molar-refractivity contribution in [1.82, 2.24) is 10.1 Å². The van der Waals surface area contributed by atoms with Crippen LogP contribution in [0.2, 0.25) is 0 Å². The first-order valence-corrected chi connectivity index (χ1v) is 5.27. The molecule has 2 rings (SSSR count). The minimum absolute atomic E-state index is 0.204. The lowest BCUT2D eigenvalue weighted by molar-refractivity contribution is 0.340. The first-order valence-electron chi connectivity index (χ1n) is 5.27. The van der Waals surface area contributed by atoms with Gasteiger partial charge in [-0.2, -0.15) is 4.98 Å². The van der Waals surface area contributed by atoms with E-state index in [1.807, 2.05) is 0 Å². The van der Waals surface area contributed by atoms with Gasteiger partial charge in [0.25, 0.3) is 0 Å². The zero-order valence-corrected chi connectivity index (χ0v) is 8.73. The number of nitrogens with zero attached hydrogens (tertiary/aromatic N) is 2. The van der Waals surface area contributed by atoms with Crippen molar-refractivity contribution in [3.63, 3.8) is 0 Å². The van der Waals surface area contributed by atoms with Crippen LogP contribution in [0.4, 0.5) is 0 Å². The predicted octanol–water partition coefficient (Wildman–Crippen LogP) is 1.79. The van der Waals surface area contributed by atoms with Crippen LogP contribution in [0.5, 0.6) is 0 Å². The van der Waals surface area contributed by atoms with Gasteiger partial charge in [0, 0.05) is 12.0 Å². The van der Waals surface area contributed by atoms with Crippen molar-refractivity contribution in [2.75, 3.05) is 0 Å². The largest absolute Gasteiger partial charge is 0.339 e. The summed E-state index contributed by atoms with van der Waals surface area (Å²) in [5, 5.41) is 3.95. The van der Waals surface area contributed by atoms with Crippen LogP contribution in [0.25, 0.3) is 0 Å². The van der Waals surface area contributed by atoms with E-state index in [0.717, 1.165) is 24.6 Å². The minimum Gasteiger partial charge on any atom is -0.339 e. The van der Waals surface area contributed by atoms with E-state index in [4.69, 9.17) is 10.3 Å². The zero-order chi connectivity index (χ0) is 10.1. The summed E-state index contributed by atoms with van der Waals surface area (Å²) in [5.41, 5.74) is 5.97. The first-order chi connectivity index (χ1) is 6.68. The highest BCUT2D eigenvalue weighted by molar-refractivity contribution is 5.03. The van der Waals surface area contributed by atoms with E-state index in [-0.39, 0.29) is 12.0 Å². The normalized spacial score (nSPS) is 27.4. The number of nitrogens with two attached hydrogens (primary N) is 1. The van der Waals surface area contributed by atoms with Crippen LogP contribution in [0.15, 0.2) is 4.52 Å². The zero-order valence-electron chi connectivity index (χ0n) is 8.73. The molecular weight excluding hydrogens is 178 g/mol. The summed E-state index contributed by atoms with van der Waals surface area (Å²) in [7, 11) is 0. The van der Waals surface area contributed by atoms with Gasteiger partial charge in [-0.25, -0.2) is 0 Å². The third kappa shape index (κ3) is 1.66. The Labute approximate surface area is 83.9 Å². The van der Waals surface area contributed by atoms with Gasteiger partial charge in [-0.05, 0) is 12.8 Å². The summed E-state index contributed by atoms with van der Waals surface area (Å²) in [6.45, 7) is 4.12. The second kappa shape index (κ2) is 3.69. The van der Waals surface area contributed by atoms with Gasteiger partial charge in [0.2, 0.25) is 5.89 Å². The van der Waals surface area contributed by atoms with Gasteiger partial charge in [0.05, 0.1) is 5.92 Å². The fourth-order valence-electron chi connectivity index (χ4n) is 1.93. The van der Waals surface area contributed by atoms with Crippen LogP contribution in [-0.2, 0) is 0 Å². The van der Waals surface area contributed by atoms with Crippen LogP contribution in [-0.4, -0.2) is 16.2 Å². The molecule has 0 unspecified atom stereocenters. The molecule has 14 heavy (non-hydrogen) atoms. The third-order valence-corrected chi connectivity index (χ3v) is 2.86. The Kier molecular flexibility index (Phi) is 2.54. The molecular formula is C10H17N3O. The lowest BCUT2D eigenvalue weighted by atomic mass is 10.0. The monoisotopic (exact) mass is 195 g/mol. The van der Waals surface area contributed by atoms with Crippen molar-refractivity contribution in [2.24, 2.45) is 5.73 Å². The van der Waals surface area contributed by atoms with Crippen molar-refractivity contribution in [1.29, 1.82) is 0 Å². The molecule has 1 aromatic heterocycles. The Balaban J connectivity index is 2.16. The number of hydrogen-bond donors (Lipinski definition) is 1. The highest BCUT2D eigenvalue weighted by atomic mass is 16.5. The van der Waals surface area contributed by atoms with E-state index in [0.29, 0.717) is 5.92 Å². The Morgan fingerprint density at radius 1 is 1.43 bits per heavy atom. The molecule has 78 valence electrons. The van der Waals surface area contributed by atoms with Gasteiger partial charge in [0.1, 0.15) is 0 Å². The molecule has 0 radical (unpaired) electrons. The number of hydrogen-bond acceptors (Lipinski definition) is 4. The molecule has 0 amide bonds. The SMILES string of the molecule is CC(C)c1noc([C@@H]2CCC[C@@H]2N)n1. The van der Waals surface area contributed by atoms with Gasteiger partial charge in [-0.1, -0.05) is 25.4 Å². The highest BCUT2D eigenvalue weighted by Gasteiger charge is 2.30. The summed E-state index contributed by atoms with van der Waals surface area (Å²) >= 11 is 0. The lowest BCUT2D eigenvalue weighted by Crippen LogP contribution is -2.22. The predicted molar refractivity (Wildman–Crippen MR) is 53.0 cm³/mol. The second-order valence-corrected chi connectivity index (χ2v) is 4.35. The van der Waals surface area contributed by atoms with Gasteiger partial charge in [0.15, 0.2) is 5.82 Å². The van der Waals surface area contributed by atoms with Crippen LogP contribution < -0.4 is 5.73 Å². The molecule has 0 bridgehead atoms. The molecule has 1 fully saturated rings. The van der Waals surface area contributed by atoms with Crippen LogP contribution >= 0.6 is 0 Å². The van der Waals surface area contributed by atoms with Crippen LogP contribution in [0.1, 0.15) is 56.7 Å². The Morgan fingerprint density at radius 2 is 2.21 bits per heavy atom. The van der Waals surface area contributed by atoms with Crippen molar-refractivity contribution in [3.05, 3.63) is 11.7 Å². The van der Waals surface area contributed by atoms with E-state index < -0.39 is 0 Å². The Morgan fingerprint density at radius 3 is 2.71 bits per heavy atom. The van der Waals surface area contributed by atoms with E-state index in [1.165, 1.54) is 6.42 Å². The molecule has 1 saturated carbocycles. The molecule has 4 heteroatoms. The van der Waals surface area contributed by atoms with Gasteiger partial charge >= 0.3 is 0 Å². The van der Waals surface area contributed by atoms with Gasteiger partial charge < -0.3 is 10.3 Å². The highest BCUT2D eigenvalue weighted by Crippen LogP contribution is 2.32. The average molecular weight is 195 g/mol. The lowest BCUT2D eigenvalue weighted by Gasteiger charge is -2.08. The summed E-state index contributed by atoms with van der Waals surface area (Å²) < 4.78 is 5.24. The maximum Gasteiger partial charge on any atom is 0.231 e. The maximum atomic E-state index is 5.97. The Hall–Kier alpha value is -0.900. The third-order valence-electron chi connectivity index (χ3n) is 2.86. The fourth-order valence-corrected chi connectivity index (χ4v) is 1.93. The molecule has 2 N–H and O–H groups in total. The quantitative estimate of drug-likeness (QED) is 0.781. The molecule has 1 aliphatic carbocycles. The van der Waals surface area contributed by atoms with Gasteiger partial charge in [-0.15, -0.1) is 0 Å². The number of rotatable bonds is 2. The smallest absolute Gasteiger partial charge is 0.231 e. The second-order valence-electron chi connectivity index (χ2n) is 4.35.